The minimum Gasteiger partial charge on any atom is -0.368 e. The van der Waals surface area contributed by atoms with Crippen LogP contribution in [0.4, 0.5) is 5.69 Å². The fraction of sp³-hybridized carbons (Fsp3) is 0.269. The highest BCUT2D eigenvalue weighted by Gasteiger charge is 2.39. The highest BCUT2D eigenvalue weighted by atomic mass is 32.2. The lowest BCUT2D eigenvalue weighted by Crippen LogP contribution is -2.37. The smallest absolute Gasteiger partial charge is 0.267 e. The first kappa shape index (κ1) is 21.5. The van der Waals surface area contributed by atoms with E-state index < -0.39 is 5.91 Å². The van der Waals surface area contributed by atoms with E-state index in [4.69, 9.17) is 10.7 Å². The molecule has 1 aliphatic heterocycles. The second-order valence-electron chi connectivity index (χ2n) is 8.52. The largest absolute Gasteiger partial charge is 0.368 e. The number of thioether (sulfide) groups is 1. The zero-order chi connectivity index (χ0) is 22.9. The Kier molecular flexibility index (Phi) is 5.81. The van der Waals surface area contributed by atoms with E-state index in [9.17, 15) is 9.59 Å². The Morgan fingerprint density at radius 2 is 1.82 bits per heavy atom. The van der Waals surface area contributed by atoms with E-state index in [0.717, 1.165) is 58.7 Å². The molecule has 0 bridgehead atoms. The van der Waals surface area contributed by atoms with Crippen molar-refractivity contribution in [1.29, 1.82) is 0 Å². The van der Waals surface area contributed by atoms with E-state index in [1.807, 2.05) is 77.1 Å². The van der Waals surface area contributed by atoms with Crippen molar-refractivity contribution in [3.05, 3.63) is 70.8 Å². The first-order chi connectivity index (χ1) is 16.0. The van der Waals surface area contributed by atoms with Crippen molar-refractivity contribution >= 4 is 51.4 Å². The number of nitrogens with two attached hydrogens (primary N) is 1. The van der Waals surface area contributed by atoms with Crippen molar-refractivity contribution in [2.75, 3.05) is 0 Å². The third-order valence-electron chi connectivity index (χ3n) is 6.38. The molecule has 168 valence electrons. The summed E-state index contributed by atoms with van der Waals surface area (Å²) in [5.74, 6) is -0.387. The van der Waals surface area contributed by atoms with E-state index in [2.05, 4.69) is 0 Å². The van der Waals surface area contributed by atoms with Gasteiger partial charge < -0.3 is 10.3 Å². The molecule has 0 spiro atoms. The molecule has 1 aliphatic carbocycles. The fourth-order valence-electron chi connectivity index (χ4n) is 4.79. The summed E-state index contributed by atoms with van der Waals surface area (Å²) < 4.78 is 1.92. The number of rotatable bonds is 5. The van der Waals surface area contributed by atoms with Gasteiger partial charge in [-0.3, -0.25) is 14.5 Å². The Labute approximate surface area is 197 Å². The zero-order valence-corrected chi connectivity index (χ0v) is 19.3. The molecule has 7 heteroatoms. The second kappa shape index (κ2) is 8.90. The van der Waals surface area contributed by atoms with Gasteiger partial charge in [0.05, 0.1) is 10.6 Å². The molecule has 0 atom stereocenters. The van der Waals surface area contributed by atoms with Gasteiger partial charge in [-0.1, -0.05) is 49.2 Å². The average Bonchev–Trinajstić information content (AvgIpc) is 3.49. The van der Waals surface area contributed by atoms with Crippen LogP contribution in [0.15, 0.2) is 64.5 Å². The lowest BCUT2D eigenvalue weighted by Gasteiger charge is -2.22. The number of carbonyl (C=O) groups is 2. The summed E-state index contributed by atoms with van der Waals surface area (Å²) in [4.78, 5) is 32.7. The molecule has 6 nitrogen and oxygen atoms in total. The Morgan fingerprint density at radius 3 is 2.55 bits per heavy atom. The van der Waals surface area contributed by atoms with Crippen LogP contribution in [0.3, 0.4) is 0 Å². The van der Waals surface area contributed by atoms with E-state index in [0.29, 0.717) is 4.91 Å². The maximum absolute atomic E-state index is 13.6. The van der Waals surface area contributed by atoms with Crippen molar-refractivity contribution in [2.24, 2.45) is 10.7 Å². The minimum absolute atomic E-state index is 0.00714. The van der Waals surface area contributed by atoms with Crippen molar-refractivity contribution in [1.82, 2.24) is 9.47 Å². The van der Waals surface area contributed by atoms with Crippen LogP contribution in [-0.4, -0.2) is 32.5 Å². The lowest BCUT2D eigenvalue weighted by molar-refractivity contribution is -0.123. The Morgan fingerprint density at radius 1 is 1.12 bits per heavy atom. The van der Waals surface area contributed by atoms with Crippen LogP contribution in [-0.2, 0) is 16.1 Å². The lowest BCUT2D eigenvalue weighted by atomic mass is 10.1. The highest BCUT2D eigenvalue weighted by Crippen LogP contribution is 2.40. The van der Waals surface area contributed by atoms with Gasteiger partial charge in [0.2, 0.25) is 5.91 Å². The predicted octanol–water partition coefficient (Wildman–Crippen LogP) is 4.98. The maximum Gasteiger partial charge on any atom is 0.267 e. The van der Waals surface area contributed by atoms with Crippen molar-refractivity contribution in [3.8, 4) is 0 Å². The summed E-state index contributed by atoms with van der Waals surface area (Å²) in [5.41, 5.74) is 9.13. The first-order valence-corrected chi connectivity index (χ1v) is 12.1. The van der Waals surface area contributed by atoms with Gasteiger partial charge in [-0.05, 0) is 55.8 Å². The van der Waals surface area contributed by atoms with Gasteiger partial charge in [-0.25, -0.2) is 4.99 Å². The van der Waals surface area contributed by atoms with Gasteiger partial charge in [-0.2, -0.15) is 0 Å². The van der Waals surface area contributed by atoms with Crippen LogP contribution in [0.1, 0.15) is 36.9 Å². The number of aliphatic imine (C=N–C) groups is 1. The zero-order valence-electron chi connectivity index (χ0n) is 18.5. The van der Waals surface area contributed by atoms with Gasteiger partial charge in [0.15, 0.2) is 5.17 Å². The molecule has 5 rings (SSSR count). The summed E-state index contributed by atoms with van der Waals surface area (Å²) in [6.07, 6.45) is 6.24. The van der Waals surface area contributed by atoms with Gasteiger partial charge in [0, 0.05) is 28.2 Å². The first-order valence-electron chi connectivity index (χ1n) is 11.3. The number of benzene rings is 2. The highest BCUT2D eigenvalue weighted by molar-refractivity contribution is 8.18. The van der Waals surface area contributed by atoms with Crippen LogP contribution in [0, 0.1) is 6.92 Å². The maximum atomic E-state index is 13.6. The average molecular weight is 459 g/mol. The van der Waals surface area contributed by atoms with E-state index in [1.54, 1.807) is 0 Å². The van der Waals surface area contributed by atoms with Gasteiger partial charge in [0.1, 0.15) is 6.54 Å². The summed E-state index contributed by atoms with van der Waals surface area (Å²) in [6, 6.07) is 17.9. The fourth-order valence-corrected chi connectivity index (χ4v) is 5.83. The van der Waals surface area contributed by atoms with Crippen molar-refractivity contribution in [3.63, 3.8) is 0 Å². The number of amides is 2. The van der Waals surface area contributed by atoms with Gasteiger partial charge >= 0.3 is 0 Å². The van der Waals surface area contributed by atoms with Crippen molar-refractivity contribution < 1.29 is 9.59 Å². The molecule has 1 saturated carbocycles. The molecule has 2 heterocycles. The summed E-state index contributed by atoms with van der Waals surface area (Å²) in [6.45, 7) is 2.07. The molecule has 2 amide bonds. The Bertz CT molecular complexity index is 1290. The van der Waals surface area contributed by atoms with Crippen LogP contribution >= 0.6 is 11.8 Å². The van der Waals surface area contributed by atoms with Crippen LogP contribution in [0.25, 0.3) is 17.0 Å². The Hall–Kier alpha value is -3.32. The molecule has 2 N–H and O–H groups in total. The molecular weight excluding hydrogens is 432 g/mol. The minimum atomic E-state index is -0.394. The third kappa shape index (κ3) is 4.09. The molecule has 33 heavy (non-hydrogen) atoms. The van der Waals surface area contributed by atoms with E-state index in [-0.39, 0.29) is 18.5 Å². The van der Waals surface area contributed by atoms with Gasteiger partial charge in [0.25, 0.3) is 5.91 Å². The molecular formula is C26H26N4O2S. The quantitative estimate of drug-likeness (QED) is 0.548. The number of para-hydroxylation sites is 2. The second-order valence-corrected chi connectivity index (χ2v) is 9.53. The SMILES string of the molecule is Cc1c(/C=C2\SC(=Nc3ccccc3)N(C3CCCC3)C2=O)c2ccccc2n1CC(N)=O. The standard InChI is InChI=1S/C26H26N4O2S/c1-17-21(20-13-7-8-14-22(20)29(17)16-24(27)31)15-23-25(32)30(19-11-5-6-12-19)26(33-23)28-18-9-3-2-4-10-18/h2-4,7-10,13-15,19H,5-6,11-12,16H2,1H3,(H2,27,31)/b23-15-,28-26?. The molecule has 1 saturated heterocycles. The molecule has 2 fully saturated rings. The number of fused-ring (bicyclic) bond motifs is 1. The number of primary amides is 1. The van der Waals surface area contributed by atoms with E-state index >= 15 is 0 Å². The topological polar surface area (TPSA) is 80.7 Å². The molecule has 3 aromatic rings. The normalized spacial score (nSPS) is 19.4. The number of hydrogen-bond donors (Lipinski definition) is 1. The molecule has 2 aromatic carbocycles. The number of carbonyl (C=O) groups excluding carboxylic acids is 2. The van der Waals surface area contributed by atoms with Crippen molar-refractivity contribution in [2.45, 2.75) is 45.2 Å². The number of amidine groups is 1. The number of nitrogens with zero attached hydrogens (tertiary/aromatic N) is 3. The summed E-state index contributed by atoms with van der Waals surface area (Å²) >= 11 is 1.43. The monoisotopic (exact) mass is 458 g/mol. The van der Waals surface area contributed by atoms with E-state index in [1.165, 1.54) is 11.8 Å². The molecule has 2 aliphatic rings. The van der Waals surface area contributed by atoms with Crippen LogP contribution in [0.2, 0.25) is 0 Å². The predicted molar refractivity (Wildman–Crippen MR) is 134 cm³/mol. The van der Waals surface area contributed by atoms with Gasteiger partial charge in [-0.15, -0.1) is 0 Å². The number of aromatic nitrogens is 1. The number of hydrogen-bond acceptors (Lipinski definition) is 4. The molecule has 0 unspecified atom stereocenters. The molecule has 0 radical (unpaired) electrons. The van der Waals surface area contributed by atoms with Crippen LogP contribution in [0.5, 0.6) is 0 Å². The third-order valence-corrected chi connectivity index (χ3v) is 7.36. The Balaban J connectivity index is 1.60. The molecule has 1 aromatic heterocycles. The van der Waals surface area contributed by atoms with Crippen LogP contribution < -0.4 is 5.73 Å². The summed E-state index contributed by atoms with van der Waals surface area (Å²) in [5, 5.41) is 1.74. The summed E-state index contributed by atoms with van der Waals surface area (Å²) in [7, 11) is 0.